The highest BCUT2D eigenvalue weighted by Gasteiger charge is 2.15. The predicted octanol–water partition coefficient (Wildman–Crippen LogP) is 2.33. The van der Waals surface area contributed by atoms with Gasteiger partial charge >= 0.3 is 0 Å². The third-order valence-corrected chi connectivity index (χ3v) is 5.85. The minimum absolute atomic E-state index is 0.00966. The van der Waals surface area contributed by atoms with Gasteiger partial charge in [0.05, 0.1) is 16.8 Å². The standard InChI is InChI=1S/C17H20ClN3O5S2/c1-12-6-7-14(11-16(12)21-27(2,23)24)20-17(22)8-9-19-28(25,26)15-5-3-4-13(18)10-15/h3-7,10-11,19,21H,8-9H2,1-2H3,(H,20,22). The minimum Gasteiger partial charge on any atom is -0.326 e. The molecule has 3 N–H and O–H groups in total. The number of anilines is 2. The highest BCUT2D eigenvalue weighted by molar-refractivity contribution is 7.92. The Labute approximate surface area is 169 Å². The van der Waals surface area contributed by atoms with Crippen LogP contribution in [-0.2, 0) is 24.8 Å². The number of amides is 1. The summed E-state index contributed by atoms with van der Waals surface area (Å²) in [4.78, 5) is 12.1. The number of hydrogen-bond donors (Lipinski definition) is 3. The van der Waals surface area contributed by atoms with Crippen molar-refractivity contribution in [3.63, 3.8) is 0 Å². The summed E-state index contributed by atoms with van der Waals surface area (Å²) in [6, 6.07) is 10.6. The van der Waals surface area contributed by atoms with Gasteiger partial charge < -0.3 is 5.32 Å². The summed E-state index contributed by atoms with van der Waals surface area (Å²) in [5, 5.41) is 2.89. The van der Waals surface area contributed by atoms with Gasteiger partial charge in [-0.3, -0.25) is 9.52 Å². The average molecular weight is 446 g/mol. The Hall–Kier alpha value is -2.14. The second kappa shape index (κ2) is 8.91. The summed E-state index contributed by atoms with van der Waals surface area (Å²) >= 11 is 5.79. The van der Waals surface area contributed by atoms with Crippen LogP contribution in [0.2, 0.25) is 5.02 Å². The Morgan fingerprint density at radius 1 is 1.07 bits per heavy atom. The summed E-state index contributed by atoms with van der Waals surface area (Å²) in [5.74, 6) is -0.428. The monoisotopic (exact) mass is 445 g/mol. The fourth-order valence-corrected chi connectivity index (χ4v) is 4.20. The molecular weight excluding hydrogens is 426 g/mol. The first-order chi connectivity index (χ1) is 13.0. The van der Waals surface area contributed by atoms with Gasteiger partial charge in [-0.25, -0.2) is 21.6 Å². The first-order valence-corrected chi connectivity index (χ1v) is 11.8. The summed E-state index contributed by atoms with van der Waals surface area (Å²) in [5.41, 5.74) is 1.43. The van der Waals surface area contributed by atoms with E-state index in [4.69, 9.17) is 11.6 Å². The van der Waals surface area contributed by atoms with Crippen molar-refractivity contribution in [1.29, 1.82) is 0 Å². The Balaban J connectivity index is 1.95. The zero-order valence-corrected chi connectivity index (χ0v) is 17.6. The van der Waals surface area contributed by atoms with Crippen LogP contribution in [0.4, 0.5) is 11.4 Å². The molecule has 0 aliphatic rings. The molecule has 2 aromatic rings. The van der Waals surface area contributed by atoms with Gasteiger partial charge in [-0.1, -0.05) is 23.7 Å². The fraction of sp³-hybridized carbons (Fsp3) is 0.235. The maximum absolute atomic E-state index is 12.2. The molecular formula is C17H20ClN3O5S2. The molecule has 0 unspecified atom stereocenters. The smallest absolute Gasteiger partial charge is 0.240 e. The lowest BCUT2D eigenvalue weighted by Crippen LogP contribution is -2.27. The van der Waals surface area contributed by atoms with Crippen LogP contribution in [-0.4, -0.2) is 35.5 Å². The van der Waals surface area contributed by atoms with Gasteiger partial charge in [0.2, 0.25) is 26.0 Å². The first-order valence-electron chi connectivity index (χ1n) is 8.10. The molecule has 11 heteroatoms. The molecule has 0 saturated heterocycles. The molecule has 2 aromatic carbocycles. The largest absolute Gasteiger partial charge is 0.326 e. The minimum atomic E-state index is -3.78. The number of hydrogen-bond acceptors (Lipinski definition) is 5. The van der Waals surface area contributed by atoms with Crippen LogP contribution in [0.5, 0.6) is 0 Å². The number of sulfonamides is 2. The summed E-state index contributed by atoms with van der Waals surface area (Å²) in [7, 11) is -7.23. The molecule has 0 radical (unpaired) electrons. The van der Waals surface area contributed by atoms with Crippen LogP contribution in [0.3, 0.4) is 0 Å². The molecule has 0 spiro atoms. The van der Waals surface area contributed by atoms with Gasteiger partial charge in [0.1, 0.15) is 0 Å². The SMILES string of the molecule is Cc1ccc(NC(=O)CCNS(=O)(=O)c2cccc(Cl)c2)cc1NS(C)(=O)=O. The number of carbonyl (C=O) groups is 1. The zero-order chi connectivity index (χ0) is 20.9. The Morgan fingerprint density at radius 3 is 2.43 bits per heavy atom. The molecule has 1 amide bonds. The molecule has 0 heterocycles. The van der Waals surface area contributed by atoms with Crippen LogP contribution < -0.4 is 14.8 Å². The Bertz CT molecular complexity index is 1090. The molecule has 152 valence electrons. The van der Waals surface area contributed by atoms with Gasteiger partial charge in [-0.2, -0.15) is 0 Å². The number of carbonyl (C=O) groups excluding carboxylic acids is 1. The van der Waals surface area contributed by atoms with Crippen molar-refractivity contribution in [2.24, 2.45) is 0 Å². The maximum atomic E-state index is 12.2. The predicted molar refractivity (Wildman–Crippen MR) is 110 cm³/mol. The van der Waals surface area contributed by atoms with Gasteiger partial charge in [0.15, 0.2) is 0 Å². The first kappa shape index (κ1) is 22.2. The lowest BCUT2D eigenvalue weighted by molar-refractivity contribution is -0.116. The van der Waals surface area contributed by atoms with Gasteiger partial charge in [-0.05, 0) is 42.8 Å². The van der Waals surface area contributed by atoms with E-state index in [-0.39, 0.29) is 17.9 Å². The highest BCUT2D eigenvalue weighted by Crippen LogP contribution is 2.21. The summed E-state index contributed by atoms with van der Waals surface area (Å²) in [6.45, 7) is 1.62. The lowest BCUT2D eigenvalue weighted by Gasteiger charge is -2.11. The molecule has 0 fully saturated rings. The van der Waals surface area contributed by atoms with E-state index in [1.54, 1.807) is 25.1 Å². The molecule has 2 rings (SSSR count). The van der Waals surface area contributed by atoms with Crippen LogP contribution in [0.15, 0.2) is 47.4 Å². The fourth-order valence-electron chi connectivity index (χ4n) is 2.25. The number of benzene rings is 2. The van der Waals surface area contributed by atoms with Crippen LogP contribution >= 0.6 is 11.6 Å². The Kier molecular flexibility index (Phi) is 7.05. The third-order valence-electron chi connectivity index (χ3n) is 3.57. The number of nitrogens with one attached hydrogen (secondary N) is 3. The van der Waals surface area contributed by atoms with E-state index in [1.165, 1.54) is 24.3 Å². The number of halogens is 1. The molecule has 0 atom stereocenters. The van der Waals surface area contributed by atoms with Crippen molar-refractivity contribution in [3.05, 3.63) is 53.1 Å². The lowest BCUT2D eigenvalue weighted by atomic mass is 10.2. The van der Waals surface area contributed by atoms with Crippen LogP contribution in [0.25, 0.3) is 0 Å². The number of aryl methyl sites for hydroxylation is 1. The Morgan fingerprint density at radius 2 is 1.79 bits per heavy atom. The van der Waals surface area contributed by atoms with E-state index in [0.717, 1.165) is 6.26 Å². The molecule has 0 aromatic heterocycles. The average Bonchev–Trinajstić information content (AvgIpc) is 2.56. The van der Waals surface area contributed by atoms with E-state index in [2.05, 4.69) is 14.8 Å². The quantitative estimate of drug-likeness (QED) is 0.575. The second-order valence-electron chi connectivity index (χ2n) is 6.06. The van der Waals surface area contributed by atoms with Crippen molar-refractivity contribution >= 4 is 48.9 Å². The van der Waals surface area contributed by atoms with E-state index >= 15 is 0 Å². The molecule has 0 saturated carbocycles. The van der Waals surface area contributed by atoms with Crippen molar-refractivity contribution in [3.8, 4) is 0 Å². The van der Waals surface area contributed by atoms with Gasteiger partial charge in [0, 0.05) is 23.7 Å². The van der Waals surface area contributed by atoms with Gasteiger partial charge in [0.25, 0.3) is 0 Å². The normalized spacial score (nSPS) is 11.8. The van der Waals surface area contributed by atoms with Crippen molar-refractivity contribution < 1.29 is 21.6 Å². The highest BCUT2D eigenvalue weighted by atomic mass is 35.5. The van der Waals surface area contributed by atoms with E-state index in [0.29, 0.717) is 22.0 Å². The van der Waals surface area contributed by atoms with Crippen LogP contribution in [0.1, 0.15) is 12.0 Å². The van der Waals surface area contributed by atoms with Crippen molar-refractivity contribution in [1.82, 2.24) is 4.72 Å². The maximum Gasteiger partial charge on any atom is 0.240 e. The van der Waals surface area contributed by atoms with Crippen molar-refractivity contribution in [2.45, 2.75) is 18.2 Å². The van der Waals surface area contributed by atoms with Crippen LogP contribution in [0, 0.1) is 6.92 Å². The van der Waals surface area contributed by atoms with E-state index in [9.17, 15) is 21.6 Å². The van der Waals surface area contributed by atoms with Crippen molar-refractivity contribution in [2.75, 3.05) is 22.8 Å². The molecule has 28 heavy (non-hydrogen) atoms. The van der Waals surface area contributed by atoms with E-state index in [1.807, 2.05) is 0 Å². The molecule has 0 bridgehead atoms. The van der Waals surface area contributed by atoms with E-state index < -0.39 is 26.0 Å². The number of rotatable bonds is 8. The summed E-state index contributed by atoms with van der Waals surface area (Å²) in [6.07, 6.45) is 0.923. The van der Waals surface area contributed by atoms with Gasteiger partial charge in [-0.15, -0.1) is 0 Å². The summed E-state index contributed by atoms with van der Waals surface area (Å²) < 4.78 is 51.8. The molecule has 8 nitrogen and oxygen atoms in total. The zero-order valence-electron chi connectivity index (χ0n) is 15.2. The molecule has 0 aliphatic heterocycles. The second-order valence-corrected chi connectivity index (χ2v) is 10.0. The topological polar surface area (TPSA) is 121 Å². The molecule has 0 aliphatic carbocycles. The third kappa shape index (κ3) is 6.79.